The number of rotatable bonds is 2. The van der Waals surface area contributed by atoms with Gasteiger partial charge in [-0.25, -0.2) is 0 Å². The second kappa shape index (κ2) is 5.25. The van der Waals surface area contributed by atoms with Crippen LogP contribution in [0.3, 0.4) is 0 Å². The van der Waals surface area contributed by atoms with Crippen LogP contribution in [0.1, 0.15) is 12.5 Å². The summed E-state index contributed by atoms with van der Waals surface area (Å²) in [6.07, 6.45) is 0. The number of anilines is 1. The van der Waals surface area contributed by atoms with Crippen LogP contribution in [0, 0.1) is 0 Å². The number of benzene rings is 1. The van der Waals surface area contributed by atoms with Crippen LogP contribution in [-0.4, -0.2) is 42.7 Å². The topological polar surface area (TPSA) is 26.7 Å². The Labute approximate surface area is 108 Å². The SMILES string of the molecule is CC1CN(C)CCN1c1ccc(CO)cc1Cl. The Morgan fingerprint density at radius 1 is 1.41 bits per heavy atom. The van der Waals surface area contributed by atoms with Crippen LogP contribution in [0.4, 0.5) is 5.69 Å². The van der Waals surface area contributed by atoms with E-state index >= 15 is 0 Å². The van der Waals surface area contributed by atoms with E-state index in [9.17, 15) is 0 Å². The Balaban J connectivity index is 2.22. The van der Waals surface area contributed by atoms with Gasteiger partial charge in [0, 0.05) is 25.7 Å². The molecule has 1 fully saturated rings. The molecule has 0 radical (unpaired) electrons. The van der Waals surface area contributed by atoms with Crippen LogP contribution < -0.4 is 4.90 Å². The van der Waals surface area contributed by atoms with Crippen molar-refractivity contribution in [1.82, 2.24) is 4.90 Å². The van der Waals surface area contributed by atoms with E-state index < -0.39 is 0 Å². The minimum absolute atomic E-state index is 0.0400. The van der Waals surface area contributed by atoms with Crippen molar-refractivity contribution < 1.29 is 5.11 Å². The molecule has 1 aliphatic rings. The average Bonchev–Trinajstić information content (AvgIpc) is 2.30. The largest absolute Gasteiger partial charge is 0.392 e. The fourth-order valence-corrected chi connectivity index (χ4v) is 2.69. The van der Waals surface area contributed by atoms with E-state index in [1.807, 2.05) is 18.2 Å². The molecule has 0 spiro atoms. The molecule has 1 aromatic carbocycles. The number of hydrogen-bond acceptors (Lipinski definition) is 3. The third kappa shape index (κ3) is 2.73. The predicted octanol–water partition coefficient (Wildman–Crippen LogP) is 1.97. The van der Waals surface area contributed by atoms with Gasteiger partial charge in [-0.15, -0.1) is 0 Å². The Bertz CT molecular complexity index is 397. The number of nitrogens with zero attached hydrogens (tertiary/aromatic N) is 2. The summed E-state index contributed by atoms with van der Waals surface area (Å²) in [5.41, 5.74) is 1.94. The molecule has 1 N–H and O–H groups in total. The highest BCUT2D eigenvalue weighted by Gasteiger charge is 2.23. The molecule has 0 aromatic heterocycles. The Morgan fingerprint density at radius 2 is 2.18 bits per heavy atom. The van der Waals surface area contributed by atoms with Gasteiger partial charge in [0.05, 0.1) is 17.3 Å². The van der Waals surface area contributed by atoms with Crippen molar-refractivity contribution in [3.05, 3.63) is 28.8 Å². The first-order valence-electron chi connectivity index (χ1n) is 5.96. The molecular weight excluding hydrogens is 236 g/mol. The number of aliphatic hydroxyl groups excluding tert-OH is 1. The van der Waals surface area contributed by atoms with Gasteiger partial charge in [0.1, 0.15) is 0 Å². The molecule has 1 aliphatic heterocycles. The third-order valence-electron chi connectivity index (χ3n) is 3.33. The van der Waals surface area contributed by atoms with Crippen molar-refractivity contribution in [3.63, 3.8) is 0 Å². The smallest absolute Gasteiger partial charge is 0.0682 e. The monoisotopic (exact) mass is 254 g/mol. The molecule has 1 aromatic rings. The number of aliphatic hydroxyl groups is 1. The molecule has 94 valence electrons. The molecule has 2 rings (SSSR count). The molecular formula is C13H19ClN2O. The van der Waals surface area contributed by atoms with Crippen molar-refractivity contribution in [2.45, 2.75) is 19.6 Å². The lowest BCUT2D eigenvalue weighted by Crippen LogP contribution is -2.50. The normalized spacial score (nSPS) is 21.9. The summed E-state index contributed by atoms with van der Waals surface area (Å²) >= 11 is 6.28. The number of piperazine rings is 1. The highest BCUT2D eigenvalue weighted by molar-refractivity contribution is 6.33. The maximum atomic E-state index is 9.07. The fourth-order valence-electron chi connectivity index (χ4n) is 2.38. The zero-order chi connectivity index (χ0) is 12.4. The first-order valence-corrected chi connectivity index (χ1v) is 6.34. The van der Waals surface area contributed by atoms with Gasteiger partial charge in [-0.2, -0.15) is 0 Å². The lowest BCUT2D eigenvalue weighted by atomic mass is 10.1. The minimum atomic E-state index is 0.0400. The van der Waals surface area contributed by atoms with Gasteiger partial charge in [-0.1, -0.05) is 17.7 Å². The average molecular weight is 255 g/mol. The maximum Gasteiger partial charge on any atom is 0.0682 e. The van der Waals surface area contributed by atoms with Crippen LogP contribution in [0.15, 0.2) is 18.2 Å². The zero-order valence-electron chi connectivity index (χ0n) is 10.4. The molecule has 4 heteroatoms. The van der Waals surface area contributed by atoms with Crippen LogP contribution in [0.5, 0.6) is 0 Å². The second-order valence-electron chi connectivity index (χ2n) is 4.75. The quantitative estimate of drug-likeness (QED) is 0.874. The number of hydrogen-bond donors (Lipinski definition) is 1. The lowest BCUT2D eigenvalue weighted by molar-refractivity contribution is 0.275. The summed E-state index contributed by atoms with van der Waals surface area (Å²) in [5, 5.41) is 9.80. The molecule has 1 unspecified atom stereocenters. The first kappa shape index (κ1) is 12.7. The van der Waals surface area contributed by atoms with Crippen molar-refractivity contribution in [2.75, 3.05) is 31.6 Å². The van der Waals surface area contributed by atoms with Crippen LogP contribution in [-0.2, 0) is 6.61 Å². The summed E-state index contributed by atoms with van der Waals surface area (Å²) in [4.78, 5) is 4.67. The lowest BCUT2D eigenvalue weighted by Gasteiger charge is -2.40. The molecule has 17 heavy (non-hydrogen) atoms. The van der Waals surface area contributed by atoms with E-state index in [2.05, 4.69) is 23.8 Å². The highest BCUT2D eigenvalue weighted by Crippen LogP contribution is 2.29. The van der Waals surface area contributed by atoms with Crippen LogP contribution >= 0.6 is 11.6 Å². The van der Waals surface area contributed by atoms with E-state index in [4.69, 9.17) is 16.7 Å². The van der Waals surface area contributed by atoms with Gasteiger partial charge in [0.15, 0.2) is 0 Å². The number of likely N-dealkylation sites (N-methyl/N-ethyl adjacent to an activating group) is 1. The standard InChI is InChI=1S/C13H19ClN2O/c1-10-8-15(2)5-6-16(10)13-4-3-11(9-17)7-12(13)14/h3-4,7,10,17H,5-6,8-9H2,1-2H3. The molecule has 0 bridgehead atoms. The fraction of sp³-hybridized carbons (Fsp3) is 0.538. The molecule has 1 saturated heterocycles. The Hall–Kier alpha value is -0.770. The summed E-state index contributed by atoms with van der Waals surface area (Å²) in [6, 6.07) is 6.26. The van der Waals surface area contributed by atoms with Crippen molar-refractivity contribution >= 4 is 17.3 Å². The van der Waals surface area contributed by atoms with E-state index in [0.717, 1.165) is 35.9 Å². The van der Waals surface area contributed by atoms with E-state index in [0.29, 0.717) is 6.04 Å². The molecule has 0 saturated carbocycles. The molecule has 0 aliphatic carbocycles. The van der Waals surface area contributed by atoms with Gasteiger partial charge in [-0.3, -0.25) is 0 Å². The van der Waals surface area contributed by atoms with Gasteiger partial charge in [0.25, 0.3) is 0 Å². The third-order valence-corrected chi connectivity index (χ3v) is 3.64. The summed E-state index contributed by atoms with van der Waals surface area (Å²) < 4.78 is 0. The molecule has 3 nitrogen and oxygen atoms in total. The van der Waals surface area contributed by atoms with E-state index in [1.54, 1.807) is 0 Å². The van der Waals surface area contributed by atoms with Crippen molar-refractivity contribution in [3.8, 4) is 0 Å². The van der Waals surface area contributed by atoms with Crippen molar-refractivity contribution in [1.29, 1.82) is 0 Å². The van der Waals surface area contributed by atoms with Gasteiger partial charge < -0.3 is 14.9 Å². The summed E-state index contributed by atoms with van der Waals surface area (Å²) in [5.74, 6) is 0. The summed E-state index contributed by atoms with van der Waals surface area (Å²) in [7, 11) is 2.14. The van der Waals surface area contributed by atoms with E-state index in [-0.39, 0.29) is 6.61 Å². The van der Waals surface area contributed by atoms with Gasteiger partial charge in [-0.05, 0) is 31.7 Å². The minimum Gasteiger partial charge on any atom is -0.392 e. The molecule has 1 atom stereocenters. The zero-order valence-corrected chi connectivity index (χ0v) is 11.1. The number of halogens is 1. The second-order valence-corrected chi connectivity index (χ2v) is 5.16. The molecule has 0 amide bonds. The van der Waals surface area contributed by atoms with E-state index in [1.165, 1.54) is 0 Å². The summed E-state index contributed by atoms with van der Waals surface area (Å²) in [6.45, 7) is 5.36. The first-order chi connectivity index (χ1) is 8.11. The maximum absolute atomic E-state index is 9.07. The van der Waals surface area contributed by atoms with Crippen LogP contribution in [0.2, 0.25) is 5.02 Å². The molecule has 1 heterocycles. The Kier molecular flexibility index (Phi) is 3.92. The van der Waals surface area contributed by atoms with Crippen LogP contribution in [0.25, 0.3) is 0 Å². The highest BCUT2D eigenvalue weighted by atomic mass is 35.5. The predicted molar refractivity (Wildman–Crippen MR) is 71.7 cm³/mol. The van der Waals surface area contributed by atoms with Gasteiger partial charge in [0.2, 0.25) is 0 Å². The van der Waals surface area contributed by atoms with Crippen molar-refractivity contribution in [2.24, 2.45) is 0 Å². The van der Waals surface area contributed by atoms with Gasteiger partial charge >= 0.3 is 0 Å². The Morgan fingerprint density at radius 3 is 2.76 bits per heavy atom.